The van der Waals surface area contributed by atoms with Crippen molar-refractivity contribution in [3.63, 3.8) is 0 Å². The van der Waals surface area contributed by atoms with Gasteiger partial charge < -0.3 is 5.32 Å². The first-order valence-electron chi connectivity index (χ1n) is 6.45. The van der Waals surface area contributed by atoms with E-state index in [0.29, 0.717) is 12.1 Å². The van der Waals surface area contributed by atoms with Crippen LogP contribution in [0.15, 0.2) is 48.7 Å². The number of halogens is 1. The molecule has 0 fully saturated rings. The van der Waals surface area contributed by atoms with Crippen LogP contribution in [0.1, 0.15) is 29.8 Å². The van der Waals surface area contributed by atoms with Crippen LogP contribution in [0, 0.1) is 0 Å². The van der Waals surface area contributed by atoms with E-state index in [0.717, 1.165) is 0 Å². The number of amides is 1. The molecule has 0 bridgehead atoms. The van der Waals surface area contributed by atoms with E-state index in [1.807, 2.05) is 18.2 Å². The van der Waals surface area contributed by atoms with Gasteiger partial charge in [-0.05, 0) is 17.7 Å². The average molecular weight is 289 g/mol. The average Bonchev–Trinajstić information content (AvgIpc) is 2.46. The first-order chi connectivity index (χ1) is 9.50. The third-order valence-electron chi connectivity index (χ3n) is 3.25. The van der Waals surface area contributed by atoms with Crippen LogP contribution >= 0.6 is 11.6 Å². The summed E-state index contributed by atoms with van der Waals surface area (Å²) in [4.78, 5) is 16.0. The van der Waals surface area contributed by atoms with E-state index in [9.17, 15) is 4.79 Å². The summed E-state index contributed by atoms with van der Waals surface area (Å²) < 4.78 is 0. The van der Waals surface area contributed by atoms with Crippen molar-refractivity contribution in [3.05, 3.63) is 64.9 Å². The van der Waals surface area contributed by atoms with E-state index in [4.69, 9.17) is 11.6 Å². The Morgan fingerprint density at radius 1 is 1.20 bits per heavy atom. The summed E-state index contributed by atoms with van der Waals surface area (Å²) in [6.45, 7) is 4.71. The summed E-state index contributed by atoms with van der Waals surface area (Å²) in [6.07, 6.45) is 1.56. The van der Waals surface area contributed by atoms with E-state index < -0.39 is 0 Å². The monoisotopic (exact) mass is 288 g/mol. The van der Waals surface area contributed by atoms with Gasteiger partial charge in [0.05, 0.1) is 5.56 Å². The molecular weight excluding hydrogens is 272 g/mol. The lowest BCUT2D eigenvalue weighted by Crippen LogP contribution is -2.36. The highest BCUT2D eigenvalue weighted by molar-refractivity contribution is 6.32. The van der Waals surface area contributed by atoms with Gasteiger partial charge in [0.1, 0.15) is 5.15 Å². The molecule has 2 aromatic rings. The molecule has 1 amide bonds. The molecular formula is C16H17ClN2O. The van der Waals surface area contributed by atoms with E-state index in [2.05, 4.69) is 36.3 Å². The van der Waals surface area contributed by atoms with Gasteiger partial charge in [-0.2, -0.15) is 0 Å². The number of carbonyl (C=O) groups excluding carboxylic acids is 1. The molecule has 20 heavy (non-hydrogen) atoms. The third-order valence-corrected chi connectivity index (χ3v) is 3.55. The first kappa shape index (κ1) is 14.5. The number of rotatable bonds is 4. The Hall–Kier alpha value is -1.87. The lowest BCUT2D eigenvalue weighted by Gasteiger charge is -2.25. The van der Waals surface area contributed by atoms with Crippen molar-refractivity contribution in [1.29, 1.82) is 0 Å². The van der Waals surface area contributed by atoms with Crippen molar-refractivity contribution in [2.75, 3.05) is 6.54 Å². The van der Waals surface area contributed by atoms with Crippen molar-refractivity contribution in [2.24, 2.45) is 0 Å². The van der Waals surface area contributed by atoms with Crippen LogP contribution in [0.25, 0.3) is 0 Å². The van der Waals surface area contributed by atoms with Crippen molar-refractivity contribution < 1.29 is 4.79 Å². The maximum Gasteiger partial charge on any atom is 0.254 e. The molecule has 0 aliphatic heterocycles. The SMILES string of the molecule is CC(C)(CNC(=O)c1cccnc1Cl)c1ccccc1. The zero-order chi connectivity index (χ0) is 14.6. The molecule has 0 aliphatic rings. The number of pyridine rings is 1. The Kier molecular flexibility index (Phi) is 4.40. The minimum absolute atomic E-state index is 0.147. The van der Waals surface area contributed by atoms with E-state index in [-0.39, 0.29) is 16.5 Å². The Morgan fingerprint density at radius 2 is 1.90 bits per heavy atom. The molecule has 1 aromatic heterocycles. The summed E-state index contributed by atoms with van der Waals surface area (Å²) in [6, 6.07) is 13.5. The number of hydrogen-bond acceptors (Lipinski definition) is 2. The summed E-state index contributed by atoms with van der Waals surface area (Å²) in [5, 5.41) is 3.14. The minimum atomic E-state index is -0.202. The smallest absolute Gasteiger partial charge is 0.254 e. The summed E-state index contributed by atoms with van der Waals surface area (Å²) in [5.41, 5.74) is 1.43. The molecule has 104 valence electrons. The van der Waals surface area contributed by atoms with Gasteiger partial charge in [-0.15, -0.1) is 0 Å². The molecule has 0 atom stereocenters. The summed E-state index contributed by atoms with van der Waals surface area (Å²) >= 11 is 5.91. The topological polar surface area (TPSA) is 42.0 Å². The molecule has 0 spiro atoms. The highest BCUT2D eigenvalue weighted by atomic mass is 35.5. The van der Waals surface area contributed by atoms with Gasteiger partial charge >= 0.3 is 0 Å². The molecule has 3 nitrogen and oxygen atoms in total. The molecule has 0 saturated heterocycles. The van der Waals surface area contributed by atoms with Crippen LogP contribution in [-0.2, 0) is 5.41 Å². The second-order valence-corrected chi connectivity index (χ2v) is 5.63. The molecule has 0 radical (unpaired) electrons. The zero-order valence-corrected chi connectivity index (χ0v) is 12.3. The maximum absolute atomic E-state index is 12.1. The normalized spacial score (nSPS) is 11.2. The second-order valence-electron chi connectivity index (χ2n) is 5.27. The maximum atomic E-state index is 12.1. The van der Waals surface area contributed by atoms with Gasteiger partial charge in [0.15, 0.2) is 0 Å². The van der Waals surface area contributed by atoms with E-state index >= 15 is 0 Å². The quantitative estimate of drug-likeness (QED) is 0.876. The fourth-order valence-corrected chi connectivity index (χ4v) is 2.15. The van der Waals surface area contributed by atoms with Gasteiger partial charge in [-0.3, -0.25) is 4.79 Å². The highest BCUT2D eigenvalue weighted by Crippen LogP contribution is 2.22. The predicted octanol–water partition coefficient (Wildman–Crippen LogP) is 3.44. The predicted molar refractivity (Wildman–Crippen MR) is 81.0 cm³/mol. The standard InChI is InChI=1S/C16H17ClN2O/c1-16(2,12-7-4-3-5-8-12)11-19-15(20)13-9-6-10-18-14(13)17/h3-10H,11H2,1-2H3,(H,19,20). The molecule has 4 heteroatoms. The van der Waals surface area contributed by atoms with Crippen molar-refractivity contribution in [3.8, 4) is 0 Å². The molecule has 0 saturated carbocycles. The van der Waals surface area contributed by atoms with Crippen molar-refractivity contribution in [2.45, 2.75) is 19.3 Å². The molecule has 0 aliphatic carbocycles. The Balaban J connectivity index is 2.05. The number of nitrogens with one attached hydrogen (secondary N) is 1. The lowest BCUT2D eigenvalue weighted by atomic mass is 9.84. The molecule has 1 aromatic carbocycles. The van der Waals surface area contributed by atoms with Crippen molar-refractivity contribution in [1.82, 2.24) is 10.3 Å². The second kappa shape index (κ2) is 6.06. The number of benzene rings is 1. The van der Waals surface area contributed by atoms with Gasteiger partial charge in [0.2, 0.25) is 0 Å². The number of hydrogen-bond donors (Lipinski definition) is 1. The number of aromatic nitrogens is 1. The van der Waals surface area contributed by atoms with Crippen LogP contribution in [0.4, 0.5) is 0 Å². The van der Waals surface area contributed by atoms with Crippen molar-refractivity contribution >= 4 is 17.5 Å². The van der Waals surface area contributed by atoms with Crippen LogP contribution in [0.2, 0.25) is 5.15 Å². The van der Waals surface area contributed by atoms with E-state index in [1.165, 1.54) is 5.56 Å². The van der Waals surface area contributed by atoms with Crippen LogP contribution in [-0.4, -0.2) is 17.4 Å². The van der Waals surface area contributed by atoms with Crippen LogP contribution < -0.4 is 5.32 Å². The Bertz CT molecular complexity index is 596. The summed E-state index contributed by atoms with van der Waals surface area (Å²) in [5.74, 6) is -0.202. The molecule has 1 heterocycles. The van der Waals surface area contributed by atoms with Crippen LogP contribution in [0.5, 0.6) is 0 Å². The first-order valence-corrected chi connectivity index (χ1v) is 6.83. The fourth-order valence-electron chi connectivity index (χ4n) is 1.94. The third kappa shape index (κ3) is 3.36. The van der Waals surface area contributed by atoms with E-state index in [1.54, 1.807) is 18.3 Å². The Labute approximate surface area is 124 Å². The largest absolute Gasteiger partial charge is 0.351 e. The number of nitrogens with zero attached hydrogens (tertiary/aromatic N) is 1. The lowest BCUT2D eigenvalue weighted by molar-refractivity contribution is 0.0945. The Morgan fingerprint density at radius 3 is 2.55 bits per heavy atom. The summed E-state index contributed by atoms with van der Waals surface area (Å²) in [7, 11) is 0. The molecule has 1 N–H and O–H groups in total. The fraction of sp³-hybridized carbons (Fsp3) is 0.250. The van der Waals surface area contributed by atoms with Crippen LogP contribution in [0.3, 0.4) is 0 Å². The van der Waals surface area contributed by atoms with Gasteiger partial charge in [0, 0.05) is 18.2 Å². The molecule has 0 unspecified atom stereocenters. The van der Waals surface area contributed by atoms with Gasteiger partial charge in [-0.25, -0.2) is 4.98 Å². The minimum Gasteiger partial charge on any atom is -0.351 e. The van der Waals surface area contributed by atoms with Gasteiger partial charge in [0.25, 0.3) is 5.91 Å². The highest BCUT2D eigenvalue weighted by Gasteiger charge is 2.22. The van der Waals surface area contributed by atoms with Gasteiger partial charge in [-0.1, -0.05) is 55.8 Å². The number of carbonyl (C=O) groups is 1. The zero-order valence-electron chi connectivity index (χ0n) is 11.6. The molecule has 2 rings (SSSR count).